The molecule has 1 N–H and O–H groups in total. The van der Waals surface area contributed by atoms with E-state index < -0.39 is 0 Å². The molecule has 0 saturated carbocycles. The Labute approximate surface area is 106 Å². The number of nitrogens with zero attached hydrogens (tertiary/aromatic N) is 1. The number of hydrogen-bond acceptors (Lipinski definition) is 2. The fourth-order valence-corrected chi connectivity index (χ4v) is 1.61. The molecule has 0 aliphatic carbocycles. The van der Waals surface area contributed by atoms with Crippen LogP contribution in [-0.2, 0) is 4.79 Å². The summed E-state index contributed by atoms with van der Waals surface area (Å²) in [6.45, 7) is 6.33. The van der Waals surface area contributed by atoms with Gasteiger partial charge in [0, 0.05) is 12.1 Å². The summed E-state index contributed by atoms with van der Waals surface area (Å²) in [5.41, 5.74) is 3.66. The van der Waals surface area contributed by atoms with Crippen LogP contribution in [0.25, 0.3) is 0 Å². The van der Waals surface area contributed by atoms with Crippen molar-refractivity contribution in [3.8, 4) is 0 Å². The molecule has 0 saturated heterocycles. The van der Waals surface area contributed by atoms with Gasteiger partial charge in [-0.3, -0.25) is 4.79 Å². The summed E-state index contributed by atoms with van der Waals surface area (Å²) < 4.78 is 0. The molecule has 17 heavy (non-hydrogen) atoms. The van der Waals surface area contributed by atoms with E-state index in [2.05, 4.69) is 24.4 Å². The molecule has 0 aliphatic heterocycles. The van der Waals surface area contributed by atoms with Crippen LogP contribution in [0, 0.1) is 0 Å². The maximum atomic E-state index is 11.4. The quantitative estimate of drug-likeness (QED) is 0.349. The molecule has 0 fully saturated rings. The minimum Gasteiger partial charge on any atom is -0.273 e. The molecule has 100 valence electrons. The second-order valence-corrected chi connectivity index (χ2v) is 4.65. The fourth-order valence-electron chi connectivity index (χ4n) is 1.61. The Morgan fingerprint density at radius 2 is 1.53 bits per heavy atom. The fraction of sp³-hybridized carbons (Fsp3) is 0.857. The largest absolute Gasteiger partial charge is 0.273 e. The van der Waals surface area contributed by atoms with Gasteiger partial charge in [0.15, 0.2) is 0 Å². The van der Waals surface area contributed by atoms with Gasteiger partial charge >= 0.3 is 0 Å². The Bertz CT molecular complexity index is 224. The predicted molar refractivity (Wildman–Crippen MR) is 74.2 cm³/mol. The standard InChI is InChI=1S/C14H28N2O/c1-4-6-8-10-12-14(17)16-15-13(3)11-9-7-5-2/h4-12H2,1-3H3,(H,16,17)/b15-13+. The summed E-state index contributed by atoms with van der Waals surface area (Å²) in [6.07, 6.45) is 9.75. The number of unbranched alkanes of at least 4 members (excludes halogenated alkanes) is 5. The van der Waals surface area contributed by atoms with Gasteiger partial charge in [-0.1, -0.05) is 46.0 Å². The summed E-state index contributed by atoms with van der Waals surface area (Å²) in [7, 11) is 0. The van der Waals surface area contributed by atoms with Crippen LogP contribution in [0.3, 0.4) is 0 Å². The first kappa shape index (κ1) is 16.1. The molecule has 0 rings (SSSR count). The van der Waals surface area contributed by atoms with Crippen molar-refractivity contribution < 1.29 is 4.79 Å². The zero-order chi connectivity index (χ0) is 12.9. The van der Waals surface area contributed by atoms with E-state index in [1.807, 2.05) is 6.92 Å². The van der Waals surface area contributed by atoms with E-state index in [-0.39, 0.29) is 5.91 Å². The second kappa shape index (κ2) is 11.6. The lowest BCUT2D eigenvalue weighted by Crippen LogP contribution is -2.18. The molecule has 3 heteroatoms. The molecule has 3 nitrogen and oxygen atoms in total. The maximum Gasteiger partial charge on any atom is 0.240 e. The van der Waals surface area contributed by atoms with E-state index in [1.54, 1.807) is 0 Å². The second-order valence-electron chi connectivity index (χ2n) is 4.65. The highest BCUT2D eigenvalue weighted by molar-refractivity contribution is 5.84. The van der Waals surface area contributed by atoms with Gasteiger partial charge < -0.3 is 0 Å². The van der Waals surface area contributed by atoms with Crippen LogP contribution in [0.15, 0.2) is 5.10 Å². The van der Waals surface area contributed by atoms with Crippen molar-refractivity contribution >= 4 is 11.6 Å². The molecule has 0 bridgehead atoms. The molecule has 0 aromatic rings. The molecule has 0 atom stereocenters. The molecule has 1 amide bonds. The van der Waals surface area contributed by atoms with Gasteiger partial charge in [-0.2, -0.15) is 5.10 Å². The Balaban J connectivity index is 3.55. The molecule has 0 spiro atoms. The van der Waals surface area contributed by atoms with Crippen LogP contribution in [0.5, 0.6) is 0 Å². The first-order chi connectivity index (χ1) is 8.20. The number of carbonyl (C=O) groups excluding carboxylic acids is 1. The van der Waals surface area contributed by atoms with Crippen LogP contribution in [-0.4, -0.2) is 11.6 Å². The first-order valence-electron chi connectivity index (χ1n) is 7.02. The topological polar surface area (TPSA) is 41.5 Å². The van der Waals surface area contributed by atoms with E-state index in [9.17, 15) is 4.79 Å². The van der Waals surface area contributed by atoms with Gasteiger partial charge in [0.2, 0.25) is 5.91 Å². The van der Waals surface area contributed by atoms with Gasteiger partial charge in [0.1, 0.15) is 0 Å². The Hall–Kier alpha value is -0.860. The predicted octanol–water partition coefficient (Wildman–Crippen LogP) is 4.03. The van der Waals surface area contributed by atoms with Crippen molar-refractivity contribution in [2.45, 2.75) is 78.6 Å². The SMILES string of the molecule is CCCCCCC(=O)N/N=C(\C)CCCCC. The van der Waals surface area contributed by atoms with E-state index in [0.717, 1.165) is 31.4 Å². The number of nitrogens with one attached hydrogen (secondary N) is 1. The summed E-state index contributed by atoms with van der Waals surface area (Å²) >= 11 is 0. The van der Waals surface area contributed by atoms with Crippen molar-refractivity contribution in [1.29, 1.82) is 0 Å². The highest BCUT2D eigenvalue weighted by Crippen LogP contribution is 2.02. The lowest BCUT2D eigenvalue weighted by atomic mass is 10.1. The third kappa shape index (κ3) is 11.4. The maximum absolute atomic E-state index is 11.4. The lowest BCUT2D eigenvalue weighted by Gasteiger charge is -2.02. The van der Waals surface area contributed by atoms with E-state index in [1.165, 1.54) is 25.7 Å². The smallest absolute Gasteiger partial charge is 0.240 e. The molecule has 0 heterocycles. The monoisotopic (exact) mass is 240 g/mol. The van der Waals surface area contributed by atoms with E-state index in [0.29, 0.717) is 6.42 Å². The molecular weight excluding hydrogens is 212 g/mol. The van der Waals surface area contributed by atoms with Crippen LogP contribution in [0.1, 0.15) is 78.6 Å². The van der Waals surface area contributed by atoms with E-state index >= 15 is 0 Å². The van der Waals surface area contributed by atoms with E-state index in [4.69, 9.17) is 0 Å². The van der Waals surface area contributed by atoms with Crippen molar-refractivity contribution in [2.75, 3.05) is 0 Å². The normalized spacial score (nSPS) is 11.6. The minimum absolute atomic E-state index is 0.0518. The highest BCUT2D eigenvalue weighted by Gasteiger charge is 1.99. The molecule has 0 radical (unpaired) electrons. The molecule has 0 aromatic carbocycles. The summed E-state index contributed by atoms with van der Waals surface area (Å²) in [5.74, 6) is 0.0518. The van der Waals surface area contributed by atoms with Crippen molar-refractivity contribution in [3.05, 3.63) is 0 Å². The van der Waals surface area contributed by atoms with Crippen LogP contribution in [0.2, 0.25) is 0 Å². The Morgan fingerprint density at radius 1 is 0.941 bits per heavy atom. The van der Waals surface area contributed by atoms with Crippen molar-refractivity contribution in [1.82, 2.24) is 5.43 Å². The highest BCUT2D eigenvalue weighted by atomic mass is 16.2. The summed E-state index contributed by atoms with van der Waals surface area (Å²) in [4.78, 5) is 11.4. The molecule has 0 aliphatic rings. The van der Waals surface area contributed by atoms with Crippen LogP contribution in [0.4, 0.5) is 0 Å². The molecule has 0 aromatic heterocycles. The van der Waals surface area contributed by atoms with Gasteiger partial charge in [-0.25, -0.2) is 5.43 Å². The summed E-state index contributed by atoms with van der Waals surface area (Å²) in [5, 5.41) is 4.11. The van der Waals surface area contributed by atoms with Crippen molar-refractivity contribution in [2.24, 2.45) is 5.10 Å². The minimum atomic E-state index is 0.0518. The van der Waals surface area contributed by atoms with Gasteiger partial charge in [-0.05, 0) is 26.2 Å². The third-order valence-electron chi connectivity index (χ3n) is 2.77. The number of hydrogen-bond donors (Lipinski definition) is 1. The Morgan fingerprint density at radius 3 is 2.18 bits per heavy atom. The zero-order valence-corrected chi connectivity index (χ0v) is 11.7. The van der Waals surface area contributed by atoms with Gasteiger partial charge in [0.05, 0.1) is 0 Å². The lowest BCUT2D eigenvalue weighted by molar-refractivity contribution is -0.121. The summed E-state index contributed by atoms with van der Waals surface area (Å²) in [6, 6.07) is 0. The van der Waals surface area contributed by atoms with Crippen LogP contribution < -0.4 is 5.43 Å². The number of carbonyl (C=O) groups is 1. The first-order valence-corrected chi connectivity index (χ1v) is 7.02. The van der Waals surface area contributed by atoms with Crippen molar-refractivity contribution in [3.63, 3.8) is 0 Å². The van der Waals surface area contributed by atoms with Gasteiger partial charge in [0.25, 0.3) is 0 Å². The average Bonchev–Trinajstić information content (AvgIpc) is 2.32. The number of hydrazone groups is 1. The van der Waals surface area contributed by atoms with Crippen LogP contribution >= 0.6 is 0 Å². The number of amides is 1. The van der Waals surface area contributed by atoms with Gasteiger partial charge in [-0.15, -0.1) is 0 Å². The zero-order valence-electron chi connectivity index (χ0n) is 11.7. The third-order valence-corrected chi connectivity index (χ3v) is 2.77. The number of rotatable bonds is 10. The average molecular weight is 240 g/mol. The molecular formula is C14H28N2O. The molecule has 0 unspecified atom stereocenters. The Kier molecular flexibility index (Phi) is 11.0.